The van der Waals surface area contributed by atoms with Gasteiger partial charge < -0.3 is 9.88 Å². The maximum atomic E-state index is 12.9. The molecule has 3 amide bonds. The van der Waals surface area contributed by atoms with Crippen LogP contribution in [0.3, 0.4) is 0 Å². The van der Waals surface area contributed by atoms with Crippen LogP contribution < -0.4 is 5.32 Å². The molecular weight excluding hydrogens is 434 g/mol. The standard InChI is InChI=1S/C26H25N3O3S/c1-16-10-11-21(12-17(16)2)27-24(30)15-28-25(31)23(33-26(28)32)14-20-13-18(3)29(19(20)4)22-8-6-5-7-9-22/h5-14H,15H2,1-4H3,(H,27,30). The summed E-state index contributed by atoms with van der Waals surface area (Å²) in [7, 11) is 0. The lowest BCUT2D eigenvalue weighted by Gasteiger charge is -2.13. The average molecular weight is 460 g/mol. The highest BCUT2D eigenvalue weighted by Crippen LogP contribution is 2.33. The molecular formula is C26H25N3O3S. The van der Waals surface area contributed by atoms with Gasteiger partial charge in [-0.05, 0) is 92.6 Å². The number of carbonyl (C=O) groups is 3. The topological polar surface area (TPSA) is 71.4 Å². The first kappa shape index (κ1) is 22.6. The summed E-state index contributed by atoms with van der Waals surface area (Å²) in [6.07, 6.45) is 1.73. The minimum Gasteiger partial charge on any atom is -0.325 e. The molecule has 168 valence electrons. The summed E-state index contributed by atoms with van der Waals surface area (Å²) in [5, 5.41) is 2.32. The lowest BCUT2D eigenvalue weighted by Crippen LogP contribution is -2.36. The molecule has 1 saturated heterocycles. The van der Waals surface area contributed by atoms with Crippen molar-refractivity contribution >= 4 is 40.6 Å². The first-order chi connectivity index (χ1) is 15.7. The molecule has 0 radical (unpaired) electrons. The third-order valence-electron chi connectivity index (χ3n) is 5.74. The number of nitrogens with zero attached hydrogens (tertiary/aromatic N) is 2. The van der Waals surface area contributed by atoms with Crippen LogP contribution in [0.25, 0.3) is 11.8 Å². The largest absolute Gasteiger partial charge is 0.325 e. The molecule has 2 heterocycles. The number of aryl methyl sites for hydroxylation is 3. The molecule has 0 saturated carbocycles. The zero-order valence-electron chi connectivity index (χ0n) is 19.0. The predicted octanol–water partition coefficient (Wildman–Crippen LogP) is 5.39. The van der Waals surface area contributed by atoms with Crippen LogP contribution in [-0.4, -0.2) is 33.1 Å². The number of amides is 3. The number of aromatic nitrogens is 1. The molecule has 1 fully saturated rings. The van der Waals surface area contributed by atoms with Crippen LogP contribution >= 0.6 is 11.8 Å². The second-order valence-corrected chi connectivity index (χ2v) is 9.11. The van der Waals surface area contributed by atoms with Gasteiger partial charge in [-0.1, -0.05) is 24.3 Å². The molecule has 3 aromatic rings. The predicted molar refractivity (Wildman–Crippen MR) is 132 cm³/mol. The number of benzene rings is 2. The van der Waals surface area contributed by atoms with E-state index in [4.69, 9.17) is 0 Å². The molecule has 33 heavy (non-hydrogen) atoms. The normalized spacial score (nSPS) is 14.9. The number of carbonyl (C=O) groups excluding carboxylic acids is 3. The summed E-state index contributed by atoms with van der Waals surface area (Å²) in [5.74, 6) is -0.867. The zero-order chi connectivity index (χ0) is 23.7. The van der Waals surface area contributed by atoms with Crippen molar-refractivity contribution < 1.29 is 14.4 Å². The number of hydrogen-bond acceptors (Lipinski definition) is 4. The third kappa shape index (κ3) is 4.64. The van der Waals surface area contributed by atoms with Gasteiger partial charge in [0.2, 0.25) is 5.91 Å². The molecule has 7 heteroatoms. The summed E-state index contributed by atoms with van der Waals surface area (Å²) in [6, 6.07) is 17.5. The van der Waals surface area contributed by atoms with Crippen molar-refractivity contribution in [3.63, 3.8) is 0 Å². The highest BCUT2D eigenvalue weighted by molar-refractivity contribution is 8.18. The monoisotopic (exact) mass is 459 g/mol. The van der Waals surface area contributed by atoms with Crippen molar-refractivity contribution in [3.05, 3.63) is 87.6 Å². The number of imide groups is 1. The summed E-state index contributed by atoms with van der Waals surface area (Å²) < 4.78 is 2.10. The lowest BCUT2D eigenvalue weighted by atomic mass is 10.1. The van der Waals surface area contributed by atoms with Gasteiger partial charge in [0, 0.05) is 22.8 Å². The first-order valence-corrected chi connectivity index (χ1v) is 11.4. The maximum Gasteiger partial charge on any atom is 0.294 e. The minimum absolute atomic E-state index is 0.312. The van der Waals surface area contributed by atoms with Crippen molar-refractivity contribution in [3.8, 4) is 5.69 Å². The Morgan fingerprint density at radius 2 is 1.70 bits per heavy atom. The fourth-order valence-electron chi connectivity index (χ4n) is 3.85. The molecule has 2 aromatic carbocycles. The molecule has 1 aliphatic rings. The Morgan fingerprint density at radius 1 is 0.970 bits per heavy atom. The number of rotatable bonds is 5. The molecule has 0 spiro atoms. The van der Waals surface area contributed by atoms with Crippen molar-refractivity contribution in [2.75, 3.05) is 11.9 Å². The molecule has 0 unspecified atom stereocenters. The van der Waals surface area contributed by atoms with Gasteiger partial charge in [-0.2, -0.15) is 0 Å². The van der Waals surface area contributed by atoms with Crippen LogP contribution in [0, 0.1) is 27.7 Å². The van der Waals surface area contributed by atoms with Crippen LogP contribution in [0.15, 0.2) is 59.5 Å². The van der Waals surface area contributed by atoms with E-state index in [1.165, 1.54) is 0 Å². The van der Waals surface area contributed by atoms with E-state index in [1.54, 1.807) is 12.1 Å². The quantitative estimate of drug-likeness (QED) is 0.520. The van der Waals surface area contributed by atoms with E-state index in [0.29, 0.717) is 10.6 Å². The molecule has 6 nitrogen and oxygen atoms in total. The van der Waals surface area contributed by atoms with Gasteiger partial charge in [0.05, 0.1) is 4.91 Å². The summed E-state index contributed by atoms with van der Waals surface area (Å²) >= 11 is 0.858. The van der Waals surface area contributed by atoms with E-state index >= 15 is 0 Å². The van der Waals surface area contributed by atoms with E-state index in [0.717, 1.165) is 50.4 Å². The van der Waals surface area contributed by atoms with E-state index in [2.05, 4.69) is 9.88 Å². The minimum atomic E-state index is -0.454. The van der Waals surface area contributed by atoms with Crippen LogP contribution in [0.4, 0.5) is 10.5 Å². The van der Waals surface area contributed by atoms with Gasteiger partial charge in [-0.3, -0.25) is 19.3 Å². The van der Waals surface area contributed by atoms with E-state index in [9.17, 15) is 14.4 Å². The van der Waals surface area contributed by atoms with Gasteiger partial charge in [-0.25, -0.2) is 0 Å². The Balaban J connectivity index is 1.51. The molecule has 1 aliphatic heterocycles. The fourth-order valence-corrected chi connectivity index (χ4v) is 4.68. The highest BCUT2D eigenvalue weighted by atomic mass is 32.2. The van der Waals surface area contributed by atoms with E-state index in [1.807, 2.05) is 76.2 Å². The Bertz CT molecular complexity index is 1290. The van der Waals surface area contributed by atoms with Crippen molar-refractivity contribution in [1.82, 2.24) is 9.47 Å². The molecule has 4 rings (SSSR count). The summed E-state index contributed by atoms with van der Waals surface area (Å²) in [5.41, 5.74) is 6.70. The smallest absolute Gasteiger partial charge is 0.294 e. The van der Waals surface area contributed by atoms with Crippen LogP contribution in [0.2, 0.25) is 0 Å². The Kier molecular flexibility index (Phi) is 6.24. The average Bonchev–Trinajstić information content (AvgIpc) is 3.20. The van der Waals surface area contributed by atoms with Gasteiger partial charge in [0.25, 0.3) is 11.1 Å². The summed E-state index contributed by atoms with van der Waals surface area (Å²) in [4.78, 5) is 39.2. The van der Waals surface area contributed by atoms with Crippen LogP contribution in [0.1, 0.15) is 28.1 Å². The van der Waals surface area contributed by atoms with Crippen LogP contribution in [-0.2, 0) is 9.59 Å². The van der Waals surface area contributed by atoms with Crippen molar-refractivity contribution in [2.45, 2.75) is 27.7 Å². The molecule has 0 aliphatic carbocycles. The first-order valence-electron chi connectivity index (χ1n) is 10.6. The Morgan fingerprint density at radius 3 is 2.39 bits per heavy atom. The maximum absolute atomic E-state index is 12.9. The number of anilines is 1. The van der Waals surface area contributed by atoms with Crippen LogP contribution in [0.5, 0.6) is 0 Å². The van der Waals surface area contributed by atoms with Crippen molar-refractivity contribution in [1.29, 1.82) is 0 Å². The number of nitrogens with one attached hydrogen (secondary N) is 1. The number of para-hydroxylation sites is 1. The molecule has 1 aromatic heterocycles. The molecule has 0 bridgehead atoms. The van der Waals surface area contributed by atoms with Gasteiger partial charge >= 0.3 is 0 Å². The SMILES string of the molecule is Cc1ccc(NC(=O)CN2C(=O)SC(=Cc3cc(C)n(-c4ccccc4)c3C)C2=O)cc1C. The summed E-state index contributed by atoms with van der Waals surface area (Å²) in [6.45, 7) is 7.61. The third-order valence-corrected chi connectivity index (χ3v) is 6.64. The molecule has 0 atom stereocenters. The fraction of sp³-hybridized carbons (Fsp3) is 0.192. The second-order valence-electron chi connectivity index (χ2n) is 8.11. The second kappa shape index (κ2) is 9.11. The van der Waals surface area contributed by atoms with Crippen molar-refractivity contribution in [2.24, 2.45) is 0 Å². The van der Waals surface area contributed by atoms with E-state index in [-0.39, 0.29) is 6.54 Å². The van der Waals surface area contributed by atoms with E-state index < -0.39 is 17.1 Å². The van der Waals surface area contributed by atoms with Gasteiger partial charge in [-0.15, -0.1) is 0 Å². The Labute approximate surface area is 197 Å². The number of hydrogen-bond donors (Lipinski definition) is 1. The highest BCUT2D eigenvalue weighted by Gasteiger charge is 2.36. The van der Waals surface area contributed by atoms with Gasteiger partial charge in [0.1, 0.15) is 6.54 Å². The molecule has 1 N–H and O–H groups in total. The number of thioether (sulfide) groups is 1. The zero-order valence-corrected chi connectivity index (χ0v) is 19.8. The lowest BCUT2D eigenvalue weighted by molar-refractivity contribution is -0.127. The van der Waals surface area contributed by atoms with Gasteiger partial charge in [0.15, 0.2) is 0 Å². The Hall–Kier alpha value is -3.58.